The number of hydrogen-bond acceptors (Lipinski definition) is 2. The molecule has 0 saturated heterocycles. The summed E-state index contributed by atoms with van der Waals surface area (Å²) in [7, 11) is 0. The molecule has 1 aliphatic carbocycles. The average Bonchev–Trinajstić information content (AvgIpc) is 3.07. The van der Waals surface area contributed by atoms with E-state index >= 15 is 0 Å². The summed E-state index contributed by atoms with van der Waals surface area (Å²) in [4.78, 5) is 0. The Balaban J connectivity index is 1.71. The molecule has 0 aromatic heterocycles. The van der Waals surface area contributed by atoms with Crippen molar-refractivity contribution in [2.75, 3.05) is 17.3 Å². The fourth-order valence-electron chi connectivity index (χ4n) is 7.59. The van der Waals surface area contributed by atoms with Gasteiger partial charge in [0.05, 0.1) is 0 Å². The van der Waals surface area contributed by atoms with Crippen LogP contribution in [0.25, 0.3) is 0 Å². The Kier molecular flexibility index (Phi) is 37.4. The number of rotatable bonds is 38. The molecule has 0 aromatic carbocycles. The van der Waals surface area contributed by atoms with Crippen LogP contribution in [0, 0.1) is 5.92 Å². The molecule has 0 bridgehead atoms. The van der Waals surface area contributed by atoms with Crippen LogP contribution in [-0.2, 0) is 0 Å². The van der Waals surface area contributed by atoms with E-state index in [1.165, 1.54) is 255 Å². The fourth-order valence-corrected chi connectivity index (χ4v) is 10.0. The van der Waals surface area contributed by atoms with Gasteiger partial charge in [-0.05, 0) is 68.1 Å². The largest absolute Gasteiger partial charge is 0.162 e. The van der Waals surface area contributed by atoms with Crippen LogP contribution in [0.3, 0.4) is 0 Å². The highest BCUT2D eigenvalue weighted by Crippen LogP contribution is 2.34. The van der Waals surface area contributed by atoms with Crippen molar-refractivity contribution in [1.29, 1.82) is 0 Å². The van der Waals surface area contributed by atoms with E-state index in [0.717, 1.165) is 11.2 Å². The lowest BCUT2D eigenvalue weighted by Crippen LogP contribution is -2.17. The quantitative estimate of drug-likeness (QED) is 0.0595. The molecule has 0 amide bonds. The van der Waals surface area contributed by atoms with Crippen LogP contribution >= 0.6 is 23.5 Å². The summed E-state index contributed by atoms with van der Waals surface area (Å²) in [6.07, 6.45) is 54.8. The summed E-state index contributed by atoms with van der Waals surface area (Å²) < 4.78 is 0. The van der Waals surface area contributed by atoms with Gasteiger partial charge in [0.15, 0.2) is 0 Å². The van der Waals surface area contributed by atoms with Gasteiger partial charge in [-0.1, -0.05) is 206 Å². The van der Waals surface area contributed by atoms with Crippen LogP contribution in [0.4, 0.5) is 0 Å². The van der Waals surface area contributed by atoms with Gasteiger partial charge >= 0.3 is 0 Å². The number of thioether (sulfide) groups is 2. The van der Waals surface area contributed by atoms with E-state index in [2.05, 4.69) is 37.4 Å². The molecule has 0 atom stereocenters. The van der Waals surface area contributed by atoms with Crippen LogP contribution in [0.5, 0.6) is 0 Å². The molecule has 1 aliphatic rings. The summed E-state index contributed by atoms with van der Waals surface area (Å²) in [5, 5.41) is 0.991. The highest BCUT2D eigenvalue weighted by molar-refractivity contribution is 7.99. The first-order chi connectivity index (χ1) is 22.9. The highest BCUT2D eigenvalue weighted by Gasteiger charge is 2.20. The van der Waals surface area contributed by atoms with Crippen molar-refractivity contribution in [3.05, 3.63) is 0 Å². The zero-order chi connectivity index (χ0) is 32.9. The maximum atomic E-state index is 2.33. The van der Waals surface area contributed by atoms with Gasteiger partial charge in [-0.3, -0.25) is 0 Å². The van der Waals surface area contributed by atoms with Crippen LogP contribution in [0.1, 0.15) is 251 Å². The third kappa shape index (κ3) is 33.2. The Hall–Kier alpha value is 0.700. The van der Waals surface area contributed by atoms with Gasteiger partial charge in [0.25, 0.3) is 0 Å². The van der Waals surface area contributed by atoms with Crippen molar-refractivity contribution in [2.24, 2.45) is 5.92 Å². The van der Waals surface area contributed by atoms with Gasteiger partial charge in [0, 0.05) is 5.25 Å². The van der Waals surface area contributed by atoms with Crippen molar-refractivity contribution in [2.45, 2.75) is 257 Å². The summed E-state index contributed by atoms with van der Waals surface area (Å²) in [5.41, 5.74) is 0. The molecular formula is C44H88S2. The van der Waals surface area contributed by atoms with Crippen molar-refractivity contribution >= 4 is 23.5 Å². The van der Waals surface area contributed by atoms with Gasteiger partial charge in [-0.25, -0.2) is 0 Å². The monoisotopic (exact) mass is 681 g/mol. The molecule has 0 nitrogen and oxygen atoms in total. The zero-order valence-corrected chi connectivity index (χ0v) is 33.9. The van der Waals surface area contributed by atoms with E-state index in [-0.39, 0.29) is 0 Å². The summed E-state index contributed by atoms with van der Waals surface area (Å²) in [6.45, 7) is 4.62. The second-order valence-corrected chi connectivity index (χ2v) is 18.2. The molecule has 0 N–H and O–H groups in total. The molecule has 276 valence electrons. The van der Waals surface area contributed by atoms with Gasteiger partial charge in [0.1, 0.15) is 0 Å². The van der Waals surface area contributed by atoms with Gasteiger partial charge in [-0.2, -0.15) is 23.5 Å². The SMILES string of the molecule is CCCCCCCCCCCCCCCCCCSCCC1CCC(SCCCCCCCCCCCCCCCCCC)CC1. The molecule has 2 heteroatoms. The minimum Gasteiger partial charge on any atom is -0.162 e. The predicted molar refractivity (Wildman–Crippen MR) is 219 cm³/mol. The third-order valence-electron chi connectivity index (χ3n) is 11.0. The first-order valence-electron chi connectivity index (χ1n) is 22.1. The second-order valence-electron chi connectivity index (χ2n) is 15.5. The van der Waals surface area contributed by atoms with Gasteiger partial charge in [0.2, 0.25) is 0 Å². The molecule has 0 aromatic rings. The van der Waals surface area contributed by atoms with Crippen molar-refractivity contribution in [3.8, 4) is 0 Å². The number of hydrogen-bond donors (Lipinski definition) is 0. The van der Waals surface area contributed by atoms with E-state index < -0.39 is 0 Å². The van der Waals surface area contributed by atoms with E-state index in [1.54, 1.807) is 0 Å². The Bertz CT molecular complexity index is 540. The van der Waals surface area contributed by atoms with Gasteiger partial charge in [-0.15, -0.1) is 0 Å². The Morgan fingerprint density at radius 2 is 0.630 bits per heavy atom. The normalized spacial score (nSPS) is 16.8. The highest BCUT2D eigenvalue weighted by atomic mass is 32.2. The lowest BCUT2D eigenvalue weighted by atomic mass is 9.87. The third-order valence-corrected chi connectivity index (χ3v) is 13.5. The molecule has 1 rings (SSSR count). The second kappa shape index (κ2) is 38.5. The molecule has 46 heavy (non-hydrogen) atoms. The summed E-state index contributed by atoms with van der Waals surface area (Å²) in [5.74, 6) is 5.33. The number of unbranched alkanes of at least 4 members (excludes halogenated alkanes) is 30. The van der Waals surface area contributed by atoms with Crippen molar-refractivity contribution in [3.63, 3.8) is 0 Å². The summed E-state index contributed by atoms with van der Waals surface area (Å²) >= 11 is 4.60. The van der Waals surface area contributed by atoms with E-state index in [1.807, 2.05) is 0 Å². The molecule has 0 radical (unpaired) electrons. The Morgan fingerprint density at radius 1 is 0.326 bits per heavy atom. The van der Waals surface area contributed by atoms with Crippen LogP contribution < -0.4 is 0 Å². The molecule has 1 saturated carbocycles. The van der Waals surface area contributed by atoms with Crippen LogP contribution in [0.2, 0.25) is 0 Å². The van der Waals surface area contributed by atoms with Gasteiger partial charge < -0.3 is 0 Å². The van der Waals surface area contributed by atoms with Crippen LogP contribution in [-0.4, -0.2) is 22.5 Å². The fraction of sp³-hybridized carbons (Fsp3) is 1.00. The predicted octanol–water partition coefficient (Wildman–Crippen LogP) is 16.9. The lowest BCUT2D eigenvalue weighted by Gasteiger charge is -2.28. The lowest BCUT2D eigenvalue weighted by molar-refractivity contribution is 0.358. The van der Waals surface area contributed by atoms with E-state index in [0.29, 0.717) is 0 Å². The topological polar surface area (TPSA) is 0 Å². The van der Waals surface area contributed by atoms with Crippen LogP contribution in [0.15, 0.2) is 0 Å². The average molecular weight is 681 g/mol. The molecule has 0 spiro atoms. The van der Waals surface area contributed by atoms with E-state index in [4.69, 9.17) is 0 Å². The molecule has 1 fully saturated rings. The maximum Gasteiger partial charge on any atom is 0.00472 e. The minimum absolute atomic E-state index is 0.991. The minimum atomic E-state index is 0.991. The Labute approximate surface area is 302 Å². The van der Waals surface area contributed by atoms with Crippen molar-refractivity contribution < 1.29 is 0 Å². The first kappa shape index (κ1) is 44.7. The standard InChI is InChI=1S/C44H88S2/c1-3-5-7-9-11-13-15-17-19-21-23-25-27-29-31-33-40-45-42-39-43-35-37-44(38-36-43)46-41-34-32-30-28-26-24-22-20-18-16-14-12-10-8-6-4-2/h43-44H,3-42H2,1-2H3. The maximum absolute atomic E-state index is 2.33. The van der Waals surface area contributed by atoms with E-state index in [9.17, 15) is 0 Å². The molecule has 0 aliphatic heterocycles. The Morgan fingerprint density at radius 3 is 0.978 bits per heavy atom. The van der Waals surface area contributed by atoms with Crippen molar-refractivity contribution in [1.82, 2.24) is 0 Å². The molecule has 0 heterocycles. The zero-order valence-electron chi connectivity index (χ0n) is 32.3. The summed E-state index contributed by atoms with van der Waals surface area (Å²) in [6, 6.07) is 0. The molecule has 0 unspecified atom stereocenters. The molecular weight excluding hydrogens is 593 g/mol. The smallest absolute Gasteiger partial charge is 0.00472 e. The first-order valence-corrected chi connectivity index (χ1v) is 24.3.